The second-order valence-electron chi connectivity index (χ2n) is 8.65. The summed E-state index contributed by atoms with van der Waals surface area (Å²) < 4.78 is 67.0. The molecule has 2 fully saturated rings. The fraction of sp³-hybridized carbons (Fsp3) is 0.417. The van der Waals surface area contributed by atoms with Gasteiger partial charge in [-0.05, 0) is 25.3 Å². The summed E-state index contributed by atoms with van der Waals surface area (Å²) >= 11 is 0. The molecular formula is C24H26FN9O2. The van der Waals surface area contributed by atoms with Crippen molar-refractivity contribution in [2.75, 3.05) is 48.4 Å². The molecule has 0 bridgehead atoms. The summed E-state index contributed by atoms with van der Waals surface area (Å²) in [6.07, 6.45) is 3.31. The smallest absolute Gasteiger partial charge is 0.228 e. The van der Waals surface area contributed by atoms with E-state index in [-0.39, 0.29) is 35.0 Å². The summed E-state index contributed by atoms with van der Waals surface area (Å²) in [5.74, 6) is -2.18. The number of fused-ring (bicyclic) bond motifs is 2. The zero-order chi connectivity index (χ0) is 29.8. The Labute approximate surface area is 214 Å². The highest BCUT2D eigenvalue weighted by Gasteiger charge is 2.39. The van der Waals surface area contributed by atoms with Crippen molar-refractivity contribution >= 4 is 39.8 Å². The van der Waals surface area contributed by atoms with E-state index in [0.29, 0.717) is 42.9 Å². The van der Waals surface area contributed by atoms with Gasteiger partial charge >= 0.3 is 0 Å². The molecule has 186 valence electrons. The van der Waals surface area contributed by atoms with Gasteiger partial charge in [0, 0.05) is 57.0 Å². The Bertz CT molecular complexity index is 1670. The van der Waals surface area contributed by atoms with E-state index < -0.39 is 43.8 Å². The van der Waals surface area contributed by atoms with E-state index in [4.69, 9.17) is 13.0 Å². The molecule has 0 aromatic carbocycles. The number of aromatic nitrogens is 6. The number of carbonyl (C=O) groups is 1. The van der Waals surface area contributed by atoms with Crippen LogP contribution in [0.1, 0.15) is 28.3 Å². The number of anilines is 3. The predicted molar refractivity (Wildman–Crippen MR) is 132 cm³/mol. The topological polar surface area (TPSA) is 122 Å². The van der Waals surface area contributed by atoms with E-state index in [1.54, 1.807) is 6.20 Å². The lowest BCUT2D eigenvalue weighted by Gasteiger charge is -2.28. The third-order valence-corrected chi connectivity index (χ3v) is 6.26. The Morgan fingerprint density at radius 1 is 1.31 bits per heavy atom. The summed E-state index contributed by atoms with van der Waals surface area (Å²) in [7, 11) is 0. The fourth-order valence-corrected chi connectivity index (χ4v) is 4.23. The van der Waals surface area contributed by atoms with Crippen LogP contribution in [0.25, 0.3) is 27.9 Å². The number of amides is 1. The molecule has 5 heterocycles. The molecule has 11 nitrogen and oxygen atoms in total. The van der Waals surface area contributed by atoms with Gasteiger partial charge in [0.05, 0.1) is 25.1 Å². The molecule has 2 aliphatic rings. The number of nitrogens with one attached hydrogen (secondary N) is 2. The number of ether oxygens (including phenoxy) is 1. The van der Waals surface area contributed by atoms with Gasteiger partial charge in [-0.3, -0.25) is 4.79 Å². The third-order valence-electron chi connectivity index (χ3n) is 6.26. The predicted octanol–water partition coefficient (Wildman–Crippen LogP) is 2.74. The van der Waals surface area contributed by atoms with Gasteiger partial charge in [0.15, 0.2) is 28.9 Å². The lowest BCUT2D eigenvalue weighted by atomic mass is 10.1. The number of pyridine rings is 2. The number of rotatable bonds is 6. The van der Waals surface area contributed by atoms with Gasteiger partial charge in [-0.25, -0.2) is 18.9 Å². The van der Waals surface area contributed by atoms with Gasteiger partial charge in [0.2, 0.25) is 5.91 Å². The summed E-state index contributed by atoms with van der Waals surface area (Å²) in [6, 6.07) is 2.88. The molecule has 12 heteroatoms. The minimum absolute atomic E-state index is 0.0141. The minimum Gasteiger partial charge on any atom is -0.378 e. The van der Waals surface area contributed by atoms with Crippen LogP contribution in [0.3, 0.4) is 0 Å². The van der Waals surface area contributed by atoms with Crippen LogP contribution in [0.2, 0.25) is 0 Å². The van der Waals surface area contributed by atoms with Gasteiger partial charge in [-0.1, -0.05) is 6.85 Å². The van der Waals surface area contributed by atoms with Crippen LogP contribution in [0.5, 0.6) is 0 Å². The van der Waals surface area contributed by atoms with Gasteiger partial charge in [-0.15, -0.1) is 15.3 Å². The zero-order valence-electron chi connectivity index (χ0n) is 25.0. The van der Waals surface area contributed by atoms with Crippen LogP contribution < -0.4 is 15.5 Å². The van der Waals surface area contributed by atoms with E-state index >= 15 is 4.39 Å². The van der Waals surface area contributed by atoms with Crippen LogP contribution in [-0.2, 0) is 9.53 Å². The van der Waals surface area contributed by atoms with Crippen molar-refractivity contribution in [2.24, 2.45) is 11.8 Å². The van der Waals surface area contributed by atoms with Crippen LogP contribution in [0, 0.1) is 17.7 Å². The maximum Gasteiger partial charge on any atom is 0.228 e. The summed E-state index contributed by atoms with van der Waals surface area (Å²) in [5, 5.41) is 18.4. The number of carbonyl (C=O) groups excluding carboxylic acids is 1. The molecule has 4 aromatic heterocycles. The van der Waals surface area contributed by atoms with Crippen molar-refractivity contribution in [1.82, 2.24) is 29.8 Å². The first-order chi connectivity index (χ1) is 19.9. The zero-order valence-corrected chi connectivity index (χ0v) is 19.0. The highest BCUT2D eigenvalue weighted by molar-refractivity contribution is 6.01. The Morgan fingerprint density at radius 3 is 3.00 bits per heavy atom. The molecule has 2 atom stereocenters. The maximum absolute atomic E-state index is 15.2. The number of hydrogen-bond acceptors (Lipinski definition) is 9. The van der Waals surface area contributed by atoms with Gasteiger partial charge in [0.25, 0.3) is 0 Å². The standard InChI is InChI=1S/C24H26FN9O2/c1-3-26-22-20-16(10-19(30-31-20)28-24(35)15-8-13(15)2)17(11-27-22)21-29-23-18(25)9-14(12-34(23)32-21)33-4-6-36-7-5-33/h9-13,15H,3-8H2,1-2H3,(H,26,27)(H,28,30,35)/i1D3,2D3. The first-order valence-electron chi connectivity index (χ1n) is 14.5. The van der Waals surface area contributed by atoms with Crippen LogP contribution in [0.15, 0.2) is 24.5 Å². The lowest BCUT2D eigenvalue weighted by molar-refractivity contribution is -0.117. The van der Waals surface area contributed by atoms with E-state index in [2.05, 4.69) is 35.9 Å². The van der Waals surface area contributed by atoms with Crippen molar-refractivity contribution in [3.8, 4) is 11.4 Å². The monoisotopic (exact) mass is 497 g/mol. The second-order valence-corrected chi connectivity index (χ2v) is 8.65. The normalized spacial score (nSPS) is 22.8. The first kappa shape index (κ1) is 16.7. The Kier molecular flexibility index (Phi) is 4.14. The molecule has 2 unspecified atom stereocenters. The van der Waals surface area contributed by atoms with Crippen LogP contribution in [0.4, 0.5) is 21.7 Å². The van der Waals surface area contributed by atoms with E-state index in [0.717, 1.165) is 0 Å². The lowest BCUT2D eigenvalue weighted by Crippen LogP contribution is -2.36. The van der Waals surface area contributed by atoms with E-state index in [1.807, 2.05) is 4.90 Å². The molecule has 1 saturated carbocycles. The Balaban J connectivity index is 1.38. The fourth-order valence-electron chi connectivity index (χ4n) is 4.23. The number of nitrogens with zero attached hydrogens (tertiary/aromatic N) is 7. The van der Waals surface area contributed by atoms with Crippen LogP contribution in [-0.4, -0.2) is 68.5 Å². The molecule has 36 heavy (non-hydrogen) atoms. The molecule has 4 aromatic rings. The molecule has 0 spiro atoms. The highest BCUT2D eigenvalue weighted by atomic mass is 19.1. The molecule has 1 saturated heterocycles. The third kappa shape index (κ3) is 4.06. The SMILES string of the molecule is [2H]C([2H])([2H])CNc1ncc(-c2nc3c(F)cc(N4CCOCC4)cn3n2)c2cc(NC(=O)C3CC3C([2H])([2H])[2H])nnc12. The molecule has 1 amide bonds. The molecular weight excluding hydrogens is 465 g/mol. The van der Waals surface area contributed by atoms with Gasteiger partial charge < -0.3 is 20.3 Å². The number of morpholine rings is 1. The molecule has 0 radical (unpaired) electrons. The van der Waals surface area contributed by atoms with Crippen molar-refractivity contribution in [2.45, 2.75) is 20.1 Å². The molecule has 6 rings (SSSR count). The molecule has 1 aliphatic heterocycles. The maximum atomic E-state index is 15.2. The van der Waals surface area contributed by atoms with Crippen molar-refractivity contribution < 1.29 is 22.1 Å². The first-order valence-corrected chi connectivity index (χ1v) is 11.5. The number of halogens is 1. The number of hydrogen-bond donors (Lipinski definition) is 2. The largest absolute Gasteiger partial charge is 0.378 e. The summed E-state index contributed by atoms with van der Waals surface area (Å²) in [6.45, 7) is -2.66. The van der Waals surface area contributed by atoms with Gasteiger partial charge in [-0.2, -0.15) is 0 Å². The van der Waals surface area contributed by atoms with Crippen molar-refractivity contribution in [3.05, 3.63) is 30.3 Å². The highest BCUT2D eigenvalue weighted by Crippen LogP contribution is 2.38. The van der Waals surface area contributed by atoms with Crippen molar-refractivity contribution in [3.63, 3.8) is 0 Å². The van der Waals surface area contributed by atoms with Crippen LogP contribution >= 0.6 is 0 Å². The summed E-state index contributed by atoms with van der Waals surface area (Å²) in [5.41, 5.74) is 1.12. The minimum atomic E-state index is -2.30. The molecule has 2 N–H and O–H groups in total. The van der Waals surface area contributed by atoms with E-state index in [1.165, 1.54) is 22.8 Å². The Morgan fingerprint density at radius 2 is 2.19 bits per heavy atom. The average Bonchev–Trinajstić information content (AvgIpc) is 3.65. The van der Waals surface area contributed by atoms with Gasteiger partial charge in [0.1, 0.15) is 5.52 Å². The van der Waals surface area contributed by atoms with E-state index in [9.17, 15) is 4.79 Å². The summed E-state index contributed by atoms with van der Waals surface area (Å²) in [4.78, 5) is 23.4. The Hall–Kier alpha value is -3.93. The quantitative estimate of drug-likeness (QED) is 0.414. The molecule has 1 aliphatic carbocycles. The van der Waals surface area contributed by atoms with Crippen molar-refractivity contribution in [1.29, 1.82) is 0 Å². The second kappa shape index (κ2) is 8.94. The average molecular weight is 498 g/mol.